The lowest BCUT2D eigenvalue weighted by Gasteiger charge is -2.04. The Morgan fingerprint density at radius 3 is 2.80 bits per heavy atom. The molecule has 4 nitrogen and oxygen atoms in total. The molecule has 0 aliphatic heterocycles. The molecular weight excluding hydrogens is 272 g/mol. The molecule has 0 atom stereocenters. The van der Waals surface area contributed by atoms with Gasteiger partial charge >= 0.3 is 0 Å². The quantitative estimate of drug-likeness (QED) is 0.837. The van der Waals surface area contributed by atoms with Crippen LogP contribution in [0.5, 0.6) is 0 Å². The van der Waals surface area contributed by atoms with E-state index in [0.29, 0.717) is 12.1 Å². The molecule has 0 spiro atoms. The van der Waals surface area contributed by atoms with Crippen molar-refractivity contribution in [1.29, 1.82) is 0 Å². The number of carbonyl (C=O) groups excluding carboxylic acids is 1. The fraction of sp³-hybridized carbons (Fsp3) is 0.200. The number of aromatic nitrogens is 1. The molecule has 0 saturated carbocycles. The van der Waals surface area contributed by atoms with Gasteiger partial charge in [-0.15, -0.1) is 11.3 Å². The summed E-state index contributed by atoms with van der Waals surface area (Å²) >= 11 is 1.58. The number of amides is 1. The van der Waals surface area contributed by atoms with Gasteiger partial charge in [-0.25, -0.2) is 4.98 Å². The molecule has 102 valence electrons. The fourth-order valence-corrected chi connectivity index (χ4v) is 2.23. The minimum absolute atomic E-state index is 0.108. The molecule has 0 radical (unpaired) electrons. The third kappa shape index (κ3) is 4.19. The highest BCUT2D eigenvalue weighted by Crippen LogP contribution is 2.05. The van der Waals surface area contributed by atoms with E-state index in [4.69, 9.17) is 5.11 Å². The average Bonchev–Trinajstić information content (AvgIpc) is 2.99. The zero-order valence-electron chi connectivity index (χ0n) is 10.8. The summed E-state index contributed by atoms with van der Waals surface area (Å²) < 4.78 is 0. The number of nitrogens with zero attached hydrogens (tertiary/aromatic N) is 1. The Morgan fingerprint density at radius 2 is 2.15 bits per heavy atom. The van der Waals surface area contributed by atoms with Crippen LogP contribution < -0.4 is 5.32 Å². The first-order chi connectivity index (χ1) is 9.79. The van der Waals surface area contributed by atoms with E-state index in [-0.39, 0.29) is 12.5 Å². The first-order valence-electron chi connectivity index (χ1n) is 6.16. The second kappa shape index (κ2) is 7.43. The van der Waals surface area contributed by atoms with Crippen molar-refractivity contribution in [2.24, 2.45) is 0 Å². The standard InChI is InChI=1S/C15H14N2O2S/c18-10-1-2-12-3-5-13(6-4-12)15(19)17-8-7-14-16-9-11-20-14/h3-6,9,11,18H,7-8,10H2,(H,17,19). The summed E-state index contributed by atoms with van der Waals surface area (Å²) in [6, 6.07) is 6.97. The van der Waals surface area contributed by atoms with Gasteiger partial charge in [-0.3, -0.25) is 4.79 Å². The molecule has 0 aliphatic carbocycles. The van der Waals surface area contributed by atoms with Gasteiger partial charge in [-0.1, -0.05) is 11.8 Å². The Bertz CT molecular complexity index is 610. The number of carbonyl (C=O) groups is 1. The van der Waals surface area contributed by atoms with Crippen molar-refractivity contribution in [1.82, 2.24) is 10.3 Å². The van der Waals surface area contributed by atoms with Crippen LogP contribution >= 0.6 is 11.3 Å². The fourth-order valence-electron chi connectivity index (χ4n) is 1.61. The molecule has 0 saturated heterocycles. The molecule has 0 bridgehead atoms. The summed E-state index contributed by atoms with van der Waals surface area (Å²) in [5, 5.41) is 14.4. The van der Waals surface area contributed by atoms with Crippen LogP contribution in [0.1, 0.15) is 20.9 Å². The molecular formula is C15H14N2O2S. The zero-order valence-corrected chi connectivity index (χ0v) is 11.6. The highest BCUT2D eigenvalue weighted by atomic mass is 32.1. The van der Waals surface area contributed by atoms with Crippen molar-refractivity contribution in [3.63, 3.8) is 0 Å². The van der Waals surface area contributed by atoms with Gasteiger partial charge in [0.25, 0.3) is 5.91 Å². The van der Waals surface area contributed by atoms with Crippen LogP contribution in [0.3, 0.4) is 0 Å². The highest BCUT2D eigenvalue weighted by molar-refractivity contribution is 7.09. The van der Waals surface area contributed by atoms with Crippen LogP contribution in [-0.2, 0) is 6.42 Å². The normalized spacial score (nSPS) is 9.65. The minimum Gasteiger partial charge on any atom is -0.384 e. The molecule has 0 fully saturated rings. The number of hydrogen-bond donors (Lipinski definition) is 2. The van der Waals surface area contributed by atoms with Crippen molar-refractivity contribution < 1.29 is 9.90 Å². The second-order valence-electron chi connectivity index (χ2n) is 3.97. The van der Waals surface area contributed by atoms with Crippen LogP contribution in [0.15, 0.2) is 35.8 Å². The van der Waals surface area contributed by atoms with Crippen LogP contribution in [0.25, 0.3) is 0 Å². The number of benzene rings is 1. The maximum atomic E-state index is 11.9. The second-order valence-corrected chi connectivity index (χ2v) is 4.95. The van der Waals surface area contributed by atoms with E-state index in [0.717, 1.165) is 17.0 Å². The maximum absolute atomic E-state index is 11.9. The van der Waals surface area contributed by atoms with E-state index in [1.807, 2.05) is 5.38 Å². The van der Waals surface area contributed by atoms with Gasteiger partial charge in [0.05, 0.1) is 5.01 Å². The van der Waals surface area contributed by atoms with Gasteiger partial charge in [0.1, 0.15) is 6.61 Å². The predicted molar refractivity (Wildman–Crippen MR) is 78.6 cm³/mol. The van der Waals surface area contributed by atoms with E-state index in [9.17, 15) is 4.79 Å². The summed E-state index contributed by atoms with van der Waals surface area (Å²) in [4.78, 5) is 16.1. The van der Waals surface area contributed by atoms with Crippen LogP contribution in [0.4, 0.5) is 0 Å². The molecule has 0 aliphatic rings. The number of aliphatic hydroxyl groups is 1. The highest BCUT2D eigenvalue weighted by Gasteiger charge is 2.04. The Labute approximate surface area is 121 Å². The molecule has 2 N–H and O–H groups in total. The predicted octanol–water partition coefficient (Wildman–Crippen LogP) is 1.46. The molecule has 1 amide bonds. The van der Waals surface area contributed by atoms with Crippen LogP contribution in [0, 0.1) is 11.8 Å². The van der Waals surface area contributed by atoms with Crippen molar-refractivity contribution in [3.05, 3.63) is 52.0 Å². The van der Waals surface area contributed by atoms with E-state index in [2.05, 4.69) is 22.1 Å². The first-order valence-corrected chi connectivity index (χ1v) is 7.04. The van der Waals surface area contributed by atoms with Gasteiger partial charge in [0.2, 0.25) is 0 Å². The van der Waals surface area contributed by atoms with Crippen molar-refractivity contribution >= 4 is 17.2 Å². The van der Waals surface area contributed by atoms with Gasteiger partial charge in [-0.05, 0) is 24.3 Å². The molecule has 20 heavy (non-hydrogen) atoms. The van der Waals surface area contributed by atoms with E-state index in [1.54, 1.807) is 41.8 Å². The first kappa shape index (κ1) is 14.3. The maximum Gasteiger partial charge on any atom is 0.251 e. The lowest BCUT2D eigenvalue weighted by Crippen LogP contribution is -2.25. The number of aliphatic hydroxyl groups excluding tert-OH is 1. The largest absolute Gasteiger partial charge is 0.384 e. The summed E-state index contributed by atoms with van der Waals surface area (Å²) in [5.74, 6) is 5.24. The van der Waals surface area contributed by atoms with E-state index >= 15 is 0 Å². The lowest BCUT2D eigenvalue weighted by molar-refractivity contribution is 0.0954. The summed E-state index contributed by atoms with van der Waals surface area (Å²) in [6.07, 6.45) is 2.50. The van der Waals surface area contributed by atoms with E-state index < -0.39 is 0 Å². The molecule has 1 aromatic carbocycles. The van der Waals surface area contributed by atoms with Crippen LogP contribution in [0.2, 0.25) is 0 Å². The van der Waals surface area contributed by atoms with Crippen molar-refractivity contribution in [2.75, 3.05) is 13.2 Å². The zero-order chi connectivity index (χ0) is 14.2. The summed E-state index contributed by atoms with van der Waals surface area (Å²) in [7, 11) is 0. The average molecular weight is 286 g/mol. The monoisotopic (exact) mass is 286 g/mol. The van der Waals surface area contributed by atoms with Gasteiger partial charge in [-0.2, -0.15) is 0 Å². The number of rotatable bonds is 4. The molecule has 0 unspecified atom stereocenters. The third-order valence-electron chi connectivity index (χ3n) is 2.57. The number of nitrogens with one attached hydrogen (secondary N) is 1. The minimum atomic E-state index is -0.168. The van der Waals surface area contributed by atoms with E-state index in [1.165, 1.54) is 0 Å². The Kier molecular flexibility index (Phi) is 5.30. The topological polar surface area (TPSA) is 62.2 Å². The molecule has 5 heteroatoms. The Morgan fingerprint density at radius 1 is 1.35 bits per heavy atom. The number of hydrogen-bond acceptors (Lipinski definition) is 4. The number of thiazole rings is 1. The smallest absolute Gasteiger partial charge is 0.251 e. The van der Waals surface area contributed by atoms with Crippen LogP contribution in [-0.4, -0.2) is 29.1 Å². The Hall–Kier alpha value is -2.16. The summed E-state index contributed by atoms with van der Waals surface area (Å²) in [6.45, 7) is 0.400. The van der Waals surface area contributed by atoms with Gasteiger partial charge in [0.15, 0.2) is 0 Å². The molecule has 2 aromatic rings. The SMILES string of the molecule is O=C(NCCc1nccs1)c1ccc(C#CCO)cc1. The molecule has 1 aromatic heterocycles. The summed E-state index contributed by atoms with van der Waals surface area (Å²) in [5.41, 5.74) is 1.37. The third-order valence-corrected chi connectivity index (χ3v) is 3.41. The van der Waals surface area contributed by atoms with Gasteiger partial charge < -0.3 is 10.4 Å². The van der Waals surface area contributed by atoms with Gasteiger partial charge in [0, 0.05) is 35.7 Å². The molecule has 1 heterocycles. The lowest BCUT2D eigenvalue weighted by atomic mass is 10.1. The Balaban J connectivity index is 1.85. The molecule has 2 rings (SSSR count). The van der Waals surface area contributed by atoms with Crippen molar-refractivity contribution in [2.45, 2.75) is 6.42 Å². The van der Waals surface area contributed by atoms with Crippen molar-refractivity contribution in [3.8, 4) is 11.8 Å².